The molecule has 3 heterocycles. The number of hydrogen-bond donors (Lipinski definition) is 1. The second-order valence-corrected chi connectivity index (χ2v) is 14.5. The summed E-state index contributed by atoms with van der Waals surface area (Å²) in [5.41, 5.74) is -0.606. The third-order valence-electron chi connectivity index (χ3n) is 10.7. The number of hydrogen-bond acceptors (Lipinski definition) is 11. The number of carbonyl (C=O) groups is 4. The van der Waals surface area contributed by atoms with Gasteiger partial charge >= 0.3 is 39.2 Å². The average molecular weight is 653 g/mol. The molecule has 3 aliphatic heterocycles. The molecule has 4 aliphatic carbocycles. The van der Waals surface area contributed by atoms with E-state index in [-0.39, 0.29) is 11.8 Å². The maximum atomic E-state index is 13.8. The molecule has 0 aromatic carbocycles. The van der Waals surface area contributed by atoms with E-state index >= 15 is 0 Å². The Kier molecular flexibility index (Phi) is 7.96. The number of alkyl halides is 3. The van der Waals surface area contributed by atoms with Crippen LogP contribution in [0.25, 0.3) is 0 Å². The molecule has 6 bridgehead atoms. The number of halogens is 3. The van der Waals surface area contributed by atoms with Crippen LogP contribution >= 0.6 is 0 Å². The van der Waals surface area contributed by atoms with Crippen LogP contribution in [-0.2, 0) is 53.0 Å². The van der Waals surface area contributed by atoms with Crippen LogP contribution < -0.4 is 0 Å². The minimum atomic E-state index is -6.00. The van der Waals surface area contributed by atoms with Crippen molar-refractivity contribution in [3.05, 3.63) is 0 Å². The van der Waals surface area contributed by atoms with Gasteiger partial charge in [0, 0.05) is 6.42 Å². The van der Waals surface area contributed by atoms with Crippen LogP contribution in [0.2, 0.25) is 0 Å². The molecule has 0 amide bonds. The molecule has 0 spiro atoms. The molecule has 44 heavy (non-hydrogen) atoms. The fraction of sp³-hybridized carbons (Fsp3) is 0.857. The van der Waals surface area contributed by atoms with Crippen LogP contribution in [0.5, 0.6) is 0 Å². The summed E-state index contributed by atoms with van der Waals surface area (Å²) in [6, 6.07) is 0. The molecule has 0 aromatic rings. The summed E-state index contributed by atoms with van der Waals surface area (Å²) in [5, 5.41) is -5.08. The van der Waals surface area contributed by atoms with Gasteiger partial charge in [0.15, 0.2) is 18.4 Å². The average Bonchev–Trinajstić information content (AvgIpc) is 3.57. The summed E-state index contributed by atoms with van der Waals surface area (Å²) in [6.07, 6.45) is -3.55. The van der Waals surface area contributed by atoms with E-state index in [0.717, 1.165) is 25.7 Å². The molecule has 12 nitrogen and oxygen atoms in total. The van der Waals surface area contributed by atoms with Crippen molar-refractivity contribution in [2.45, 2.75) is 106 Å². The molecular weight excluding hydrogens is 617 g/mol. The highest BCUT2D eigenvalue weighted by molar-refractivity contribution is 7.86. The highest BCUT2D eigenvalue weighted by Gasteiger charge is 2.73. The van der Waals surface area contributed by atoms with Gasteiger partial charge in [0.2, 0.25) is 0 Å². The first-order chi connectivity index (χ1) is 20.7. The maximum Gasteiger partial charge on any atom is 0.400 e. The topological polar surface area (TPSA) is 169 Å². The lowest BCUT2D eigenvalue weighted by Gasteiger charge is -2.60. The van der Waals surface area contributed by atoms with Crippen LogP contribution in [0.15, 0.2) is 0 Å². The highest BCUT2D eigenvalue weighted by atomic mass is 32.2. The lowest BCUT2D eigenvalue weighted by molar-refractivity contribution is -0.217. The van der Waals surface area contributed by atoms with Crippen LogP contribution in [0.4, 0.5) is 13.2 Å². The standard InChI is InChI=1S/C28H35F3O12S/c1-2-27(14-8-12-7-13(10-14)11-15(27)9-12)43-26(35)20-19-21-24(42-25(19)34)23(22(20)41-21)40-18(33)4-3-17(32)39-6-5-16(29)28(30,31)44(36,37)38/h12-16,19-24H,2-11H2,1H3,(H,36,37,38). The molecule has 0 aromatic heterocycles. The molecule has 7 rings (SSSR count). The first kappa shape index (κ1) is 31.5. The van der Waals surface area contributed by atoms with Gasteiger partial charge in [0.1, 0.15) is 29.6 Å². The summed E-state index contributed by atoms with van der Waals surface area (Å²) < 4.78 is 97.5. The number of rotatable bonds is 12. The monoisotopic (exact) mass is 652 g/mol. The second kappa shape index (κ2) is 11.1. The quantitative estimate of drug-likeness (QED) is 0.186. The Bertz CT molecular complexity index is 1290. The van der Waals surface area contributed by atoms with Gasteiger partial charge in [-0.1, -0.05) is 6.92 Å². The molecule has 7 fully saturated rings. The van der Waals surface area contributed by atoms with E-state index in [9.17, 15) is 40.8 Å². The lowest BCUT2D eigenvalue weighted by Crippen LogP contribution is -2.60. The zero-order valence-electron chi connectivity index (χ0n) is 23.9. The summed E-state index contributed by atoms with van der Waals surface area (Å²) in [7, 11) is -6.00. The van der Waals surface area contributed by atoms with Crippen molar-refractivity contribution in [2.24, 2.45) is 35.5 Å². The molecule has 7 unspecified atom stereocenters. The lowest BCUT2D eigenvalue weighted by atomic mass is 9.49. The second-order valence-electron chi connectivity index (χ2n) is 13.0. The van der Waals surface area contributed by atoms with E-state index < -0.39 is 113 Å². The number of ether oxygens (including phenoxy) is 5. The van der Waals surface area contributed by atoms with Gasteiger partial charge in [-0.3, -0.25) is 23.7 Å². The molecule has 7 atom stereocenters. The Morgan fingerprint density at radius 1 is 1.02 bits per heavy atom. The largest absolute Gasteiger partial charge is 0.466 e. The van der Waals surface area contributed by atoms with Crippen molar-refractivity contribution in [2.75, 3.05) is 6.61 Å². The molecule has 4 saturated carbocycles. The predicted molar refractivity (Wildman–Crippen MR) is 138 cm³/mol. The van der Waals surface area contributed by atoms with Gasteiger partial charge in [0.05, 0.1) is 19.4 Å². The van der Waals surface area contributed by atoms with Gasteiger partial charge in [-0.25, -0.2) is 4.39 Å². The molecular formula is C28H35F3O12S. The van der Waals surface area contributed by atoms with E-state index in [4.69, 9.17) is 23.5 Å². The normalized spacial score (nSPS) is 40.5. The number of esters is 4. The van der Waals surface area contributed by atoms with Crippen molar-refractivity contribution in [1.29, 1.82) is 0 Å². The molecule has 1 N–H and O–H groups in total. The van der Waals surface area contributed by atoms with Gasteiger partial charge in [-0.15, -0.1) is 0 Å². The summed E-state index contributed by atoms with van der Waals surface area (Å²) >= 11 is 0. The van der Waals surface area contributed by atoms with Gasteiger partial charge in [0.25, 0.3) is 0 Å². The number of fused-ring (bicyclic) bond motifs is 1. The van der Waals surface area contributed by atoms with Gasteiger partial charge in [-0.05, 0) is 62.2 Å². The van der Waals surface area contributed by atoms with Crippen molar-refractivity contribution in [3.8, 4) is 0 Å². The Balaban J connectivity index is 1.03. The molecule has 246 valence electrons. The van der Waals surface area contributed by atoms with Crippen LogP contribution in [0.1, 0.15) is 64.7 Å². The molecule has 0 radical (unpaired) electrons. The van der Waals surface area contributed by atoms with Crippen molar-refractivity contribution >= 4 is 34.0 Å². The smallest absolute Gasteiger partial charge is 0.400 e. The third kappa shape index (κ3) is 5.08. The number of carbonyl (C=O) groups excluding carboxylic acids is 4. The van der Waals surface area contributed by atoms with Crippen LogP contribution in [0.3, 0.4) is 0 Å². The van der Waals surface area contributed by atoms with Gasteiger partial charge < -0.3 is 23.7 Å². The Labute approximate surface area is 251 Å². The Morgan fingerprint density at radius 3 is 2.23 bits per heavy atom. The zero-order valence-corrected chi connectivity index (χ0v) is 24.7. The molecule has 3 saturated heterocycles. The summed E-state index contributed by atoms with van der Waals surface area (Å²) in [5.74, 6) is -3.25. The molecule has 16 heteroatoms. The molecule has 7 aliphatic rings. The van der Waals surface area contributed by atoms with E-state index in [0.29, 0.717) is 18.3 Å². The van der Waals surface area contributed by atoms with E-state index in [1.54, 1.807) is 0 Å². The van der Waals surface area contributed by atoms with E-state index in [2.05, 4.69) is 4.74 Å². The van der Waals surface area contributed by atoms with Crippen molar-refractivity contribution in [3.63, 3.8) is 0 Å². The predicted octanol–water partition coefficient (Wildman–Crippen LogP) is 2.52. The Hall–Kier alpha value is -2.46. The van der Waals surface area contributed by atoms with Gasteiger partial charge in [-0.2, -0.15) is 17.2 Å². The summed E-state index contributed by atoms with van der Waals surface area (Å²) in [4.78, 5) is 51.1. The Morgan fingerprint density at radius 2 is 1.64 bits per heavy atom. The highest BCUT2D eigenvalue weighted by Crippen LogP contribution is 2.61. The fourth-order valence-corrected chi connectivity index (χ4v) is 9.33. The van der Waals surface area contributed by atoms with Crippen LogP contribution in [-0.4, -0.2) is 84.9 Å². The summed E-state index contributed by atoms with van der Waals surface area (Å²) in [6.45, 7) is 1.08. The minimum Gasteiger partial charge on any atom is -0.466 e. The zero-order chi connectivity index (χ0) is 31.8. The van der Waals surface area contributed by atoms with Crippen molar-refractivity contribution in [1.82, 2.24) is 0 Å². The SMILES string of the molecule is CCC1(OC(=O)C2C3OC4C(OC(=O)C42)C3OC(=O)CCC(=O)OCCC(F)C(F)(F)S(=O)(=O)O)C2CC3CC(C2)CC1C3. The van der Waals surface area contributed by atoms with E-state index in [1.165, 1.54) is 6.42 Å². The fourth-order valence-electron chi connectivity index (χ4n) is 8.89. The third-order valence-corrected chi connectivity index (χ3v) is 11.6. The first-order valence-corrected chi connectivity index (χ1v) is 16.5. The minimum absolute atomic E-state index is 0.263. The maximum absolute atomic E-state index is 13.8. The first-order valence-electron chi connectivity index (χ1n) is 15.1. The van der Waals surface area contributed by atoms with Crippen molar-refractivity contribution < 1.29 is 69.0 Å². The van der Waals surface area contributed by atoms with Crippen LogP contribution in [0, 0.1) is 35.5 Å². The van der Waals surface area contributed by atoms with E-state index in [1.807, 2.05) is 6.92 Å².